The van der Waals surface area contributed by atoms with Crippen molar-refractivity contribution >= 4 is 18.5 Å². The summed E-state index contributed by atoms with van der Waals surface area (Å²) in [5.74, 6) is -0.968. The van der Waals surface area contributed by atoms with Crippen LogP contribution in [-0.2, 0) is 14.4 Å². The molecular formula is C4H7NO4. The highest BCUT2D eigenvalue weighted by Crippen LogP contribution is 1.43. The van der Waals surface area contributed by atoms with Gasteiger partial charge in [-0.05, 0) is 0 Å². The Morgan fingerprint density at radius 1 is 1.44 bits per heavy atom. The molecule has 0 aliphatic heterocycles. The third-order valence-electron chi connectivity index (χ3n) is 0.230. The van der Waals surface area contributed by atoms with Crippen LogP contribution < -0.4 is 5.73 Å². The van der Waals surface area contributed by atoms with Crippen LogP contribution in [0.4, 0.5) is 0 Å². The average molecular weight is 133 g/mol. The summed E-state index contributed by atoms with van der Waals surface area (Å²) in [6, 6.07) is 0. The van der Waals surface area contributed by atoms with E-state index in [1.165, 1.54) is 0 Å². The van der Waals surface area contributed by atoms with E-state index in [0.717, 1.165) is 0 Å². The Hall–Kier alpha value is -1.23. The third-order valence-corrected chi connectivity index (χ3v) is 0.230. The van der Waals surface area contributed by atoms with Gasteiger partial charge in [0.05, 0.1) is 6.54 Å². The van der Waals surface area contributed by atoms with Crippen LogP contribution in [0.2, 0.25) is 0 Å². The molecule has 0 amide bonds. The van der Waals surface area contributed by atoms with Gasteiger partial charge in [-0.15, -0.1) is 0 Å². The van der Waals surface area contributed by atoms with Gasteiger partial charge in [0.2, 0.25) is 0 Å². The maximum atomic E-state index is 9.24. The molecule has 3 N–H and O–H groups in total. The number of carbonyl (C=O) groups is 3. The van der Waals surface area contributed by atoms with Crippen LogP contribution in [0.15, 0.2) is 0 Å². The minimum atomic E-state index is -0.968. The highest BCUT2D eigenvalue weighted by Gasteiger charge is 1.81. The topological polar surface area (TPSA) is 97.5 Å². The van der Waals surface area contributed by atoms with Gasteiger partial charge in [-0.25, -0.2) is 0 Å². The number of hydrogen-bond acceptors (Lipinski definition) is 4. The van der Waals surface area contributed by atoms with E-state index in [1.807, 2.05) is 0 Å². The van der Waals surface area contributed by atoms with Gasteiger partial charge in [-0.1, -0.05) is 0 Å². The van der Waals surface area contributed by atoms with Crippen LogP contribution in [0.3, 0.4) is 0 Å². The minimum Gasteiger partial charge on any atom is -0.480 e. The summed E-state index contributed by atoms with van der Waals surface area (Å²) in [4.78, 5) is 26.9. The number of aliphatic carboxylic acids is 1. The van der Waals surface area contributed by atoms with Crippen LogP contribution in [-0.4, -0.2) is 30.2 Å². The average Bonchev–Trinajstić information content (AvgIpc) is 1.89. The molecule has 0 fully saturated rings. The van der Waals surface area contributed by atoms with Gasteiger partial charge in [0.1, 0.15) is 0 Å². The molecule has 0 heterocycles. The number of aldehydes is 2. The summed E-state index contributed by atoms with van der Waals surface area (Å²) < 4.78 is 0. The second kappa shape index (κ2) is 9.91. The van der Waals surface area contributed by atoms with Crippen molar-refractivity contribution < 1.29 is 19.5 Å². The van der Waals surface area contributed by atoms with Gasteiger partial charge in [0.15, 0.2) is 12.6 Å². The van der Waals surface area contributed by atoms with Crippen molar-refractivity contribution in [3.8, 4) is 0 Å². The van der Waals surface area contributed by atoms with Crippen LogP contribution in [0, 0.1) is 0 Å². The van der Waals surface area contributed by atoms with Gasteiger partial charge in [-0.2, -0.15) is 0 Å². The lowest BCUT2D eigenvalue weighted by molar-refractivity contribution is -0.135. The lowest BCUT2D eigenvalue weighted by atomic mass is 10.7. The van der Waals surface area contributed by atoms with Crippen molar-refractivity contribution in [1.29, 1.82) is 0 Å². The van der Waals surface area contributed by atoms with E-state index in [4.69, 9.17) is 14.7 Å². The van der Waals surface area contributed by atoms with Crippen LogP contribution in [0.25, 0.3) is 0 Å². The van der Waals surface area contributed by atoms with Crippen molar-refractivity contribution in [2.24, 2.45) is 5.73 Å². The minimum absolute atomic E-state index is 0.194. The molecule has 0 aromatic rings. The molecule has 5 heteroatoms. The Labute approximate surface area is 51.5 Å². The maximum absolute atomic E-state index is 9.24. The SMILES string of the molecule is NCC(=O)O.O=CC=O. The zero-order valence-electron chi connectivity index (χ0n) is 4.61. The van der Waals surface area contributed by atoms with Crippen LogP contribution in [0.5, 0.6) is 0 Å². The van der Waals surface area contributed by atoms with E-state index in [-0.39, 0.29) is 19.1 Å². The number of carbonyl (C=O) groups excluding carboxylic acids is 2. The molecule has 0 rings (SSSR count). The van der Waals surface area contributed by atoms with Crippen LogP contribution in [0.1, 0.15) is 0 Å². The predicted octanol–water partition coefficient (Wildman–Crippen LogP) is -1.59. The fourth-order valence-corrected chi connectivity index (χ4v) is 0. The molecule has 0 bridgehead atoms. The smallest absolute Gasteiger partial charge is 0.317 e. The lowest BCUT2D eigenvalue weighted by Gasteiger charge is -1.73. The summed E-state index contributed by atoms with van der Waals surface area (Å²) in [5.41, 5.74) is 4.57. The number of rotatable bonds is 2. The van der Waals surface area contributed by atoms with Gasteiger partial charge >= 0.3 is 5.97 Å². The summed E-state index contributed by atoms with van der Waals surface area (Å²) in [7, 11) is 0. The fraction of sp³-hybridized carbons (Fsp3) is 0.250. The molecule has 0 saturated heterocycles. The number of nitrogens with two attached hydrogens (primary N) is 1. The molecule has 0 aliphatic rings. The summed E-state index contributed by atoms with van der Waals surface area (Å²) >= 11 is 0. The standard InChI is InChI=1S/C2H5NO2.C2H2O2/c3-1-2(4)5;3-1-2-4/h1,3H2,(H,4,5);1-2H. The molecule has 0 aliphatic carbocycles. The molecule has 5 nitrogen and oxygen atoms in total. The van der Waals surface area contributed by atoms with E-state index < -0.39 is 5.97 Å². The number of hydrogen-bond donors (Lipinski definition) is 2. The molecule has 9 heavy (non-hydrogen) atoms. The first-order chi connectivity index (χ1) is 4.18. The van der Waals surface area contributed by atoms with Crippen molar-refractivity contribution in [2.45, 2.75) is 0 Å². The predicted molar refractivity (Wildman–Crippen MR) is 28.8 cm³/mol. The van der Waals surface area contributed by atoms with Crippen molar-refractivity contribution in [3.05, 3.63) is 0 Å². The van der Waals surface area contributed by atoms with Crippen molar-refractivity contribution in [2.75, 3.05) is 6.54 Å². The van der Waals surface area contributed by atoms with E-state index in [2.05, 4.69) is 5.73 Å². The number of carboxylic acids is 1. The molecule has 0 atom stereocenters. The third kappa shape index (κ3) is 49.2. The molecule has 0 unspecified atom stereocenters. The highest BCUT2D eigenvalue weighted by atomic mass is 16.4. The number of carboxylic acid groups (broad SMARTS) is 1. The van der Waals surface area contributed by atoms with Crippen LogP contribution >= 0.6 is 0 Å². The highest BCUT2D eigenvalue weighted by molar-refractivity contribution is 6.09. The quantitative estimate of drug-likeness (QED) is 0.349. The first kappa shape index (κ1) is 10.7. The summed E-state index contributed by atoms with van der Waals surface area (Å²) in [6.07, 6.45) is 0.389. The molecule has 0 saturated carbocycles. The molecule has 0 radical (unpaired) electrons. The van der Waals surface area contributed by atoms with Crippen molar-refractivity contribution in [1.82, 2.24) is 0 Å². The molecular weight excluding hydrogens is 126 g/mol. The Kier molecular flexibility index (Phi) is 11.8. The molecule has 0 spiro atoms. The largest absolute Gasteiger partial charge is 0.480 e. The fourth-order valence-electron chi connectivity index (χ4n) is 0. The summed E-state index contributed by atoms with van der Waals surface area (Å²) in [5, 5.41) is 7.60. The molecule has 0 aromatic carbocycles. The van der Waals surface area contributed by atoms with Gasteiger partial charge < -0.3 is 10.8 Å². The zero-order chi connectivity index (χ0) is 7.70. The first-order valence-corrected chi connectivity index (χ1v) is 1.99. The Bertz CT molecular complexity index is 94.7. The Morgan fingerprint density at radius 3 is 1.67 bits per heavy atom. The van der Waals surface area contributed by atoms with E-state index in [9.17, 15) is 4.79 Å². The molecule has 52 valence electrons. The maximum Gasteiger partial charge on any atom is 0.317 e. The second-order valence-electron chi connectivity index (χ2n) is 0.870. The normalized spacial score (nSPS) is 6.33. The van der Waals surface area contributed by atoms with Crippen molar-refractivity contribution in [3.63, 3.8) is 0 Å². The lowest BCUT2D eigenvalue weighted by Crippen LogP contribution is -2.10. The van der Waals surface area contributed by atoms with E-state index in [0.29, 0.717) is 0 Å². The van der Waals surface area contributed by atoms with E-state index >= 15 is 0 Å². The van der Waals surface area contributed by atoms with Gasteiger partial charge in [0, 0.05) is 0 Å². The molecule has 0 aromatic heterocycles. The second-order valence-corrected chi connectivity index (χ2v) is 0.870. The summed E-state index contributed by atoms with van der Waals surface area (Å²) in [6.45, 7) is -0.278. The Balaban J connectivity index is 0. The first-order valence-electron chi connectivity index (χ1n) is 1.99. The van der Waals surface area contributed by atoms with Gasteiger partial charge in [0.25, 0.3) is 0 Å². The van der Waals surface area contributed by atoms with Gasteiger partial charge in [-0.3, -0.25) is 14.4 Å². The van der Waals surface area contributed by atoms with E-state index in [1.54, 1.807) is 0 Å². The Morgan fingerprint density at radius 2 is 1.67 bits per heavy atom. The monoisotopic (exact) mass is 133 g/mol. The zero-order valence-corrected chi connectivity index (χ0v) is 4.61.